The number of imidazole rings is 1. The highest BCUT2D eigenvalue weighted by Crippen LogP contribution is 2.25. The molecule has 0 N–H and O–H groups in total. The molecule has 0 aromatic carbocycles. The van der Waals surface area contributed by atoms with Crippen molar-refractivity contribution in [3.63, 3.8) is 0 Å². The van der Waals surface area contributed by atoms with Crippen LogP contribution in [0, 0.1) is 0 Å². The first-order chi connectivity index (χ1) is 15.2. The number of carbonyl (C=O) groups excluding carboxylic acids is 1. The number of carbonyl (C=O) groups is 1. The molecule has 2 aliphatic heterocycles. The Morgan fingerprint density at radius 2 is 1.94 bits per heavy atom. The van der Waals surface area contributed by atoms with E-state index in [2.05, 4.69) is 21.2 Å². The lowest BCUT2D eigenvalue weighted by Crippen LogP contribution is -2.52. The number of likely N-dealkylation sites (N-methyl/N-ethyl adjacent to an activating group) is 1. The minimum absolute atomic E-state index is 0.0815. The van der Waals surface area contributed by atoms with Crippen LogP contribution in [0.2, 0.25) is 0 Å². The van der Waals surface area contributed by atoms with Crippen molar-refractivity contribution in [2.24, 2.45) is 0 Å². The van der Waals surface area contributed by atoms with Gasteiger partial charge in [-0.3, -0.25) is 14.6 Å². The minimum atomic E-state index is 0.0815. The summed E-state index contributed by atoms with van der Waals surface area (Å²) in [6, 6.07) is 7.10. The number of pyridine rings is 1. The number of hydrogen-bond acceptors (Lipinski definition) is 5. The van der Waals surface area contributed by atoms with Gasteiger partial charge in [0.05, 0.1) is 12.3 Å². The highest BCUT2D eigenvalue weighted by Gasteiger charge is 2.31. The summed E-state index contributed by atoms with van der Waals surface area (Å²) in [5.41, 5.74) is 2.45. The Kier molecular flexibility index (Phi) is 6.25. The molecule has 7 nitrogen and oxygen atoms in total. The summed E-state index contributed by atoms with van der Waals surface area (Å²) < 4.78 is 7.66. The first-order valence-electron chi connectivity index (χ1n) is 12.0. The Hall–Kier alpha value is -1.96. The molecule has 168 valence electrons. The zero-order valence-electron chi connectivity index (χ0n) is 18.7. The molecule has 5 rings (SSSR count). The third kappa shape index (κ3) is 4.36. The van der Waals surface area contributed by atoms with Gasteiger partial charge in [0.2, 0.25) is 0 Å². The number of piperazine rings is 1. The summed E-state index contributed by atoms with van der Waals surface area (Å²) in [6.07, 6.45) is 9.80. The zero-order chi connectivity index (χ0) is 21.2. The van der Waals surface area contributed by atoms with Gasteiger partial charge in [-0.25, -0.2) is 4.98 Å². The molecular weight excluding hydrogens is 390 g/mol. The predicted molar refractivity (Wildman–Crippen MR) is 120 cm³/mol. The second-order valence-corrected chi connectivity index (χ2v) is 9.39. The quantitative estimate of drug-likeness (QED) is 0.737. The van der Waals surface area contributed by atoms with Crippen LogP contribution in [-0.2, 0) is 11.3 Å². The van der Waals surface area contributed by atoms with Crippen LogP contribution >= 0.6 is 0 Å². The van der Waals surface area contributed by atoms with Crippen molar-refractivity contribution < 1.29 is 9.53 Å². The normalized spacial score (nSPS) is 23.8. The third-order valence-electron chi connectivity index (χ3n) is 7.45. The maximum Gasteiger partial charge on any atom is 0.274 e. The van der Waals surface area contributed by atoms with Crippen molar-refractivity contribution in [3.05, 3.63) is 35.8 Å². The Balaban J connectivity index is 1.32. The van der Waals surface area contributed by atoms with Crippen LogP contribution in [-0.4, -0.2) is 88.5 Å². The molecular formula is C24H35N5O2. The molecule has 3 aliphatic rings. The number of amides is 1. The standard InChI is InChI=1S/C24H35N5O2/c1-26(20-10-16-31-18-20)17-21-23(25-22-9-5-6-11-29(21)22)24(30)28-14-12-27(13-15-28)19-7-3-2-4-8-19/h5-6,9,11,19-20H,2-4,7-8,10,12-18H2,1H3/t20-/m1/s1. The fourth-order valence-corrected chi connectivity index (χ4v) is 5.49. The lowest BCUT2D eigenvalue weighted by molar-refractivity contribution is 0.0516. The molecule has 0 unspecified atom stereocenters. The maximum absolute atomic E-state index is 13.6. The fraction of sp³-hybridized carbons (Fsp3) is 0.667. The zero-order valence-corrected chi connectivity index (χ0v) is 18.7. The summed E-state index contributed by atoms with van der Waals surface area (Å²) in [5.74, 6) is 0.0815. The maximum atomic E-state index is 13.6. The van der Waals surface area contributed by atoms with E-state index in [0.717, 1.165) is 63.2 Å². The van der Waals surface area contributed by atoms with E-state index < -0.39 is 0 Å². The second-order valence-electron chi connectivity index (χ2n) is 9.39. The van der Waals surface area contributed by atoms with Crippen LogP contribution in [0.1, 0.15) is 54.7 Å². The molecule has 7 heteroatoms. The van der Waals surface area contributed by atoms with Crippen LogP contribution in [0.25, 0.3) is 5.65 Å². The van der Waals surface area contributed by atoms with E-state index in [-0.39, 0.29) is 5.91 Å². The van der Waals surface area contributed by atoms with Gasteiger partial charge in [0.15, 0.2) is 5.69 Å². The largest absolute Gasteiger partial charge is 0.380 e. The topological polar surface area (TPSA) is 53.3 Å². The number of ether oxygens (including phenoxy) is 1. The molecule has 0 spiro atoms. The van der Waals surface area contributed by atoms with E-state index in [1.165, 1.54) is 32.1 Å². The Morgan fingerprint density at radius 3 is 2.68 bits per heavy atom. The molecule has 1 aliphatic carbocycles. The van der Waals surface area contributed by atoms with E-state index in [4.69, 9.17) is 9.72 Å². The average Bonchev–Trinajstić information content (AvgIpc) is 3.48. The number of hydrogen-bond donors (Lipinski definition) is 0. The van der Waals surface area contributed by atoms with E-state index >= 15 is 0 Å². The smallest absolute Gasteiger partial charge is 0.274 e. The van der Waals surface area contributed by atoms with Gasteiger partial charge in [0.25, 0.3) is 5.91 Å². The molecule has 3 fully saturated rings. The Labute approximate surface area is 185 Å². The van der Waals surface area contributed by atoms with Crippen molar-refractivity contribution in [1.29, 1.82) is 0 Å². The van der Waals surface area contributed by atoms with E-state index in [1.807, 2.05) is 29.3 Å². The lowest BCUT2D eigenvalue weighted by Gasteiger charge is -2.40. The predicted octanol–water partition coefficient (Wildman–Crippen LogP) is 2.65. The molecule has 2 aromatic rings. The molecule has 1 amide bonds. The van der Waals surface area contributed by atoms with Crippen molar-refractivity contribution in [3.8, 4) is 0 Å². The number of fused-ring (bicyclic) bond motifs is 1. The first kappa shape index (κ1) is 20.9. The minimum Gasteiger partial charge on any atom is -0.380 e. The van der Waals surface area contributed by atoms with Gasteiger partial charge < -0.3 is 14.0 Å². The number of aromatic nitrogens is 2. The monoisotopic (exact) mass is 425 g/mol. The number of nitrogens with zero attached hydrogens (tertiary/aromatic N) is 5. The van der Waals surface area contributed by atoms with E-state index in [1.54, 1.807) is 0 Å². The molecule has 2 aromatic heterocycles. The lowest BCUT2D eigenvalue weighted by atomic mass is 9.94. The van der Waals surface area contributed by atoms with Crippen LogP contribution in [0.5, 0.6) is 0 Å². The molecule has 2 saturated heterocycles. The van der Waals surface area contributed by atoms with Crippen LogP contribution in [0.3, 0.4) is 0 Å². The fourth-order valence-electron chi connectivity index (χ4n) is 5.49. The summed E-state index contributed by atoms with van der Waals surface area (Å²) >= 11 is 0. The van der Waals surface area contributed by atoms with Gasteiger partial charge in [-0.1, -0.05) is 25.3 Å². The second kappa shape index (κ2) is 9.27. The van der Waals surface area contributed by atoms with Crippen LogP contribution in [0.4, 0.5) is 0 Å². The Morgan fingerprint density at radius 1 is 1.13 bits per heavy atom. The molecule has 4 heterocycles. The highest BCUT2D eigenvalue weighted by atomic mass is 16.5. The van der Waals surface area contributed by atoms with E-state index in [0.29, 0.717) is 18.3 Å². The SMILES string of the molecule is CN(Cc1c(C(=O)N2CCN(C3CCCCC3)CC2)nc2ccccn12)[C@@H]1CCOC1. The van der Waals surface area contributed by atoms with Gasteiger partial charge >= 0.3 is 0 Å². The Bertz CT molecular complexity index is 893. The van der Waals surface area contributed by atoms with Crippen LogP contribution < -0.4 is 0 Å². The van der Waals surface area contributed by atoms with Gasteiger partial charge in [0.1, 0.15) is 5.65 Å². The molecule has 31 heavy (non-hydrogen) atoms. The van der Waals surface area contributed by atoms with Gasteiger partial charge in [-0.05, 0) is 38.4 Å². The van der Waals surface area contributed by atoms with Crippen molar-refractivity contribution in [2.45, 2.75) is 57.2 Å². The third-order valence-corrected chi connectivity index (χ3v) is 7.45. The summed E-state index contributed by atoms with van der Waals surface area (Å²) in [6.45, 7) is 5.85. The van der Waals surface area contributed by atoms with E-state index in [9.17, 15) is 4.79 Å². The first-order valence-corrected chi connectivity index (χ1v) is 12.0. The van der Waals surface area contributed by atoms with Crippen molar-refractivity contribution in [1.82, 2.24) is 24.1 Å². The van der Waals surface area contributed by atoms with Crippen molar-refractivity contribution in [2.75, 3.05) is 46.4 Å². The van der Waals surface area contributed by atoms with Gasteiger partial charge in [-0.2, -0.15) is 0 Å². The molecule has 0 radical (unpaired) electrons. The average molecular weight is 426 g/mol. The summed E-state index contributed by atoms with van der Waals surface area (Å²) in [5, 5.41) is 0. The molecule has 0 bridgehead atoms. The summed E-state index contributed by atoms with van der Waals surface area (Å²) in [4.78, 5) is 25.3. The summed E-state index contributed by atoms with van der Waals surface area (Å²) in [7, 11) is 2.12. The van der Waals surface area contributed by atoms with Gasteiger partial charge in [-0.15, -0.1) is 0 Å². The van der Waals surface area contributed by atoms with Crippen LogP contribution in [0.15, 0.2) is 24.4 Å². The molecule has 1 saturated carbocycles. The van der Waals surface area contributed by atoms with Crippen molar-refractivity contribution >= 4 is 11.6 Å². The number of rotatable bonds is 5. The molecule has 1 atom stereocenters. The highest BCUT2D eigenvalue weighted by molar-refractivity contribution is 5.94. The van der Waals surface area contributed by atoms with Gasteiger partial charge in [0, 0.05) is 57.6 Å².